The number of rotatable bonds is 3. The van der Waals surface area contributed by atoms with Crippen LogP contribution < -0.4 is 0 Å². The fraction of sp³-hybridized carbons (Fsp3) is 0.636. The molecule has 0 heterocycles. The molecule has 0 fully saturated rings. The predicted molar refractivity (Wildman–Crippen MR) is 54.8 cm³/mol. The van der Waals surface area contributed by atoms with Crippen molar-refractivity contribution in [3.05, 3.63) is 22.2 Å². The molecule has 0 amide bonds. The van der Waals surface area contributed by atoms with E-state index in [0.29, 0.717) is 0 Å². The Hall–Kier alpha value is 0.168. The average Bonchev–Trinajstić information content (AvgIpc) is 2.37. The van der Waals surface area contributed by atoms with Crippen LogP contribution in [0.2, 0.25) is 8.62 Å². The van der Waals surface area contributed by atoms with Crippen LogP contribution in [0.4, 0.5) is 0 Å². The standard InChI is InChI=1S/C5H5.2C3H7.W.2H/c1-2-4-5-3-1;2*1-3-2;;;/h1-3H,4H2;2*3H,1-2H3;;;. The van der Waals surface area contributed by atoms with E-state index in [1.165, 1.54) is 6.42 Å². The minimum absolute atomic E-state index is 0.987. The number of hydrogen-bond donors (Lipinski definition) is 0. The van der Waals surface area contributed by atoms with Crippen LogP contribution >= 0.6 is 0 Å². The molecule has 0 bridgehead atoms. The van der Waals surface area contributed by atoms with Crippen molar-refractivity contribution in [1.29, 1.82) is 0 Å². The summed E-state index contributed by atoms with van der Waals surface area (Å²) in [5, 5.41) is 0. The van der Waals surface area contributed by atoms with Gasteiger partial charge in [-0.05, 0) is 0 Å². The summed E-state index contributed by atoms with van der Waals surface area (Å²) in [7, 11) is 0. The van der Waals surface area contributed by atoms with Crippen molar-refractivity contribution in [3.63, 3.8) is 0 Å². The van der Waals surface area contributed by atoms with E-state index in [1.54, 1.807) is 0 Å². The molecule has 1 aliphatic carbocycles. The van der Waals surface area contributed by atoms with Crippen molar-refractivity contribution in [2.75, 3.05) is 0 Å². The molecule has 0 atom stereocenters. The quantitative estimate of drug-likeness (QED) is 0.739. The van der Waals surface area contributed by atoms with Crippen molar-refractivity contribution >= 4 is 0 Å². The molecule has 0 spiro atoms. The summed E-state index contributed by atoms with van der Waals surface area (Å²) in [4.78, 5) is 0. The first-order valence-corrected chi connectivity index (χ1v) is 10.8. The zero-order valence-corrected chi connectivity index (χ0v) is 12.2. The first kappa shape index (κ1) is 10.3. The van der Waals surface area contributed by atoms with Crippen LogP contribution in [0, 0.1) is 0 Å². The summed E-state index contributed by atoms with van der Waals surface area (Å²) in [5.74, 6) is 0. The van der Waals surface area contributed by atoms with Crippen LogP contribution in [-0.4, -0.2) is 0 Å². The van der Waals surface area contributed by atoms with E-state index in [-0.39, 0.29) is 0 Å². The summed E-state index contributed by atoms with van der Waals surface area (Å²) in [5.41, 5.74) is 0. The van der Waals surface area contributed by atoms with E-state index >= 15 is 0 Å². The van der Waals surface area contributed by atoms with Gasteiger partial charge in [0.05, 0.1) is 0 Å². The molecule has 0 N–H and O–H groups in total. The Morgan fingerprint density at radius 3 is 2.08 bits per heavy atom. The molecule has 12 heavy (non-hydrogen) atoms. The molecule has 0 nitrogen and oxygen atoms in total. The third-order valence-corrected chi connectivity index (χ3v) is 15.3. The van der Waals surface area contributed by atoms with E-state index in [2.05, 4.69) is 45.9 Å². The van der Waals surface area contributed by atoms with Gasteiger partial charge in [0.2, 0.25) is 0 Å². The van der Waals surface area contributed by atoms with Crippen LogP contribution in [0.3, 0.4) is 0 Å². The van der Waals surface area contributed by atoms with Crippen LogP contribution in [-0.2, 0) is 17.3 Å². The molecule has 71 valence electrons. The summed E-state index contributed by atoms with van der Waals surface area (Å²) in [6.07, 6.45) is 8.22. The van der Waals surface area contributed by atoms with Crippen molar-refractivity contribution in [2.45, 2.75) is 42.7 Å². The van der Waals surface area contributed by atoms with Crippen molar-refractivity contribution < 1.29 is 17.3 Å². The van der Waals surface area contributed by atoms with Crippen molar-refractivity contribution in [3.8, 4) is 0 Å². The molecule has 0 saturated heterocycles. The third kappa shape index (κ3) is 2.33. The first-order valence-electron chi connectivity index (χ1n) is 4.85. The molecular weight excluding hydrogens is 316 g/mol. The fourth-order valence-corrected chi connectivity index (χ4v) is 14.5. The molecule has 0 aliphatic heterocycles. The maximum atomic E-state index is 2.42. The van der Waals surface area contributed by atoms with E-state index in [9.17, 15) is 0 Å². The zero-order chi connectivity index (χ0) is 9.14. The summed E-state index contributed by atoms with van der Waals surface area (Å²) in [6.45, 7) is 9.67. The Bertz CT molecular complexity index is 191. The van der Waals surface area contributed by atoms with E-state index in [4.69, 9.17) is 0 Å². The van der Waals surface area contributed by atoms with E-state index < -0.39 is 17.3 Å². The van der Waals surface area contributed by atoms with Gasteiger partial charge in [-0.15, -0.1) is 0 Å². The van der Waals surface area contributed by atoms with E-state index in [1.807, 2.05) is 3.96 Å². The molecule has 0 aromatic carbocycles. The Labute approximate surface area is 82.3 Å². The van der Waals surface area contributed by atoms with Crippen molar-refractivity contribution in [2.24, 2.45) is 0 Å². The number of hydrogen-bond acceptors (Lipinski definition) is 0. The predicted octanol–water partition coefficient (Wildman–Crippen LogP) is 3.57. The molecule has 1 heteroatoms. The monoisotopic (exact) mass is 337 g/mol. The summed E-state index contributed by atoms with van der Waals surface area (Å²) in [6, 6.07) is 0. The molecule has 0 aromatic rings. The Morgan fingerprint density at radius 2 is 1.75 bits per heavy atom. The van der Waals surface area contributed by atoms with Gasteiger partial charge in [-0.25, -0.2) is 0 Å². The van der Waals surface area contributed by atoms with Gasteiger partial charge in [0.1, 0.15) is 0 Å². The summed E-state index contributed by atoms with van der Waals surface area (Å²) < 4.78 is 3.81. The van der Waals surface area contributed by atoms with Crippen molar-refractivity contribution in [1.82, 2.24) is 0 Å². The molecular formula is C11H21W. The second-order valence-corrected chi connectivity index (χ2v) is 18.0. The van der Waals surface area contributed by atoms with Gasteiger partial charge in [-0.1, -0.05) is 0 Å². The molecule has 0 radical (unpaired) electrons. The Morgan fingerprint density at radius 1 is 1.17 bits per heavy atom. The van der Waals surface area contributed by atoms with Gasteiger partial charge >= 0.3 is 82.2 Å². The average molecular weight is 337 g/mol. The van der Waals surface area contributed by atoms with E-state index in [0.717, 1.165) is 8.62 Å². The molecule has 0 unspecified atom stereocenters. The van der Waals surface area contributed by atoms with Gasteiger partial charge in [0, 0.05) is 0 Å². The third-order valence-electron chi connectivity index (χ3n) is 2.39. The molecule has 0 aromatic heterocycles. The number of allylic oxidation sites excluding steroid dienone is 4. The second-order valence-electron chi connectivity index (χ2n) is 4.09. The van der Waals surface area contributed by atoms with Gasteiger partial charge in [0.25, 0.3) is 0 Å². The Kier molecular flexibility index (Phi) is 3.77. The minimum atomic E-state index is -1.39. The SMILES string of the molecule is C[CH](C)[WH2]([C]1=CC=CC1)[CH](C)C. The van der Waals surface area contributed by atoms with Gasteiger partial charge in [0.15, 0.2) is 0 Å². The molecule has 1 aliphatic rings. The maximum absolute atomic E-state index is 2.42. The Balaban J connectivity index is 2.66. The zero-order valence-electron chi connectivity index (χ0n) is 8.59. The van der Waals surface area contributed by atoms with Crippen LogP contribution in [0.25, 0.3) is 0 Å². The van der Waals surface area contributed by atoms with Crippen LogP contribution in [0.5, 0.6) is 0 Å². The summed E-state index contributed by atoms with van der Waals surface area (Å²) >= 11 is -1.39. The van der Waals surface area contributed by atoms with Crippen LogP contribution in [0.1, 0.15) is 34.1 Å². The molecule has 0 saturated carbocycles. The topological polar surface area (TPSA) is 0 Å². The second kappa shape index (κ2) is 4.42. The van der Waals surface area contributed by atoms with Gasteiger partial charge in [-0.3, -0.25) is 0 Å². The fourth-order valence-electron chi connectivity index (χ4n) is 2.07. The molecule has 1 rings (SSSR count). The van der Waals surface area contributed by atoms with Gasteiger partial charge < -0.3 is 0 Å². The van der Waals surface area contributed by atoms with Gasteiger partial charge in [-0.2, -0.15) is 0 Å². The normalized spacial score (nSPS) is 17.5. The van der Waals surface area contributed by atoms with Crippen LogP contribution in [0.15, 0.2) is 22.2 Å². The first-order chi connectivity index (χ1) is 5.63.